The SMILES string of the molecule is Cc1ccc(C)c(C2CCCN2C(=O)c2ccc(=O)n(CC(N)=O)c2)c1. The number of nitrogens with zero attached hydrogens (tertiary/aromatic N) is 2. The van der Waals surface area contributed by atoms with Crippen LogP contribution in [-0.2, 0) is 11.3 Å². The Morgan fingerprint density at radius 3 is 2.69 bits per heavy atom. The van der Waals surface area contributed by atoms with Crippen LogP contribution in [0.3, 0.4) is 0 Å². The molecule has 136 valence electrons. The van der Waals surface area contributed by atoms with Crippen LogP contribution in [0.1, 0.15) is 45.9 Å². The summed E-state index contributed by atoms with van der Waals surface area (Å²) in [6.45, 7) is 4.54. The number of pyridine rings is 1. The van der Waals surface area contributed by atoms with E-state index in [1.807, 2.05) is 11.8 Å². The number of carbonyl (C=O) groups is 2. The molecule has 1 fully saturated rings. The molecule has 1 aromatic heterocycles. The number of amides is 2. The van der Waals surface area contributed by atoms with Crippen LogP contribution >= 0.6 is 0 Å². The lowest BCUT2D eigenvalue weighted by atomic mass is 9.97. The van der Waals surface area contributed by atoms with Crippen LogP contribution in [0.2, 0.25) is 0 Å². The molecule has 0 spiro atoms. The van der Waals surface area contributed by atoms with Gasteiger partial charge >= 0.3 is 0 Å². The maximum Gasteiger partial charge on any atom is 0.255 e. The first-order chi connectivity index (χ1) is 12.4. The van der Waals surface area contributed by atoms with Crippen LogP contribution in [0.15, 0.2) is 41.3 Å². The second kappa shape index (κ2) is 7.15. The molecular formula is C20H23N3O3. The molecule has 2 N–H and O–H groups in total. The van der Waals surface area contributed by atoms with Crippen LogP contribution in [0.4, 0.5) is 0 Å². The van der Waals surface area contributed by atoms with Gasteiger partial charge in [0.05, 0.1) is 11.6 Å². The van der Waals surface area contributed by atoms with Gasteiger partial charge in [-0.2, -0.15) is 0 Å². The predicted octanol–water partition coefficient (Wildman–Crippen LogP) is 1.93. The van der Waals surface area contributed by atoms with Gasteiger partial charge in [-0.3, -0.25) is 14.4 Å². The van der Waals surface area contributed by atoms with E-state index in [-0.39, 0.29) is 24.1 Å². The lowest BCUT2D eigenvalue weighted by molar-refractivity contribution is -0.118. The number of primary amides is 1. The van der Waals surface area contributed by atoms with E-state index in [9.17, 15) is 14.4 Å². The molecule has 0 radical (unpaired) electrons. The maximum absolute atomic E-state index is 13.1. The summed E-state index contributed by atoms with van der Waals surface area (Å²) < 4.78 is 1.18. The standard InChI is InChI=1S/C20H23N3O3/c1-13-5-6-14(2)16(10-13)17-4-3-9-23(17)20(26)15-7-8-19(25)22(11-15)12-18(21)24/h5-8,10-11,17H,3-4,9,12H2,1-2H3,(H2,21,24). The van der Waals surface area contributed by atoms with Crippen molar-refractivity contribution in [2.75, 3.05) is 6.54 Å². The molecule has 6 nitrogen and oxygen atoms in total. The average molecular weight is 353 g/mol. The van der Waals surface area contributed by atoms with Gasteiger partial charge < -0.3 is 15.2 Å². The number of benzene rings is 1. The highest BCUT2D eigenvalue weighted by Gasteiger charge is 2.31. The molecule has 1 atom stereocenters. The minimum atomic E-state index is -0.619. The summed E-state index contributed by atoms with van der Waals surface area (Å²) in [5.41, 5.74) is 8.71. The largest absolute Gasteiger partial charge is 0.368 e. The quantitative estimate of drug-likeness (QED) is 0.911. The molecule has 1 aromatic carbocycles. The Hall–Kier alpha value is -2.89. The summed E-state index contributed by atoms with van der Waals surface area (Å²) in [7, 11) is 0. The monoisotopic (exact) mass is 353 g/mol. The zero-order chi connectivity index (χ0) is 18.8. The van der Waals surface area contributed by atoms with Gasteiger partial charge in [0.15, 0.2) is 0 Å². The van der Waals surface area contributed by atoms with Crippen LogP contribution in [0.5, 0.6) is 0 Å². The topological polar surface area (TPSA) is 85.4 Å². The number of hydrogen-bond acceptors (Lipinski definition) is 3. The van der Waals surface area contributed by atoms with E-state index in [1.54, 1.807) is 0 Å². The van der Waals surface area contributed by atoms with E-state index in [2.05, 4.69) is 25.1 Å². The highest BCUT2D eigenvalue weighted by Crippen LogP contribution is 2.35. The number of aryl methyl sites for hydroxylation is 2. The number of hydrogen-bond donors (Lipinski definition) is 1. The molecular weight excluding hydrogens is 330 g/mol. The lowest BCUT2D eigenvalue weighted by Gasteiger charge is -2.27. The fraction of sp³-hybridized carbons (Fsp3) is 0.350. The molecule has 1 unspecified atom stereocenters. The van der Waals surface area contributed by atoms with E-state index in [4.69, 9.17) is 5.73 Å². The fourth-order valence-electron chi connectivity index (χ4n) is 3.57. The van der Waals surface area contributed by atoms with Crippen LogP contribution in [0.25, 0.3) is 0 Å². The molecule has 1 aliphatic rings. The Morgan fingerprint density at radius 1 is 1.19 bits per heavy atom. The smallest absolute Gasteiger partial charge is 0.255 e. The summed E-state index contributed by atoms with van der Waals surface area (Å²) in [5, 5.41) is 0. The molecule has 0 bridgehead atoms. The Bertz CT molecular complexity index is 917. The number of likely N-dealkylation sites (tertiary alicyclic amines) is 1. The number of carbonyl (C=O) groups excluding carboxylic acids is 2. The van der Waals surface area contributed by atoms with Gasteiger partial charge in [0.1, 0.15) is 6.54 Å². The normalized spacial score (nSPS) is 16.7. The highest BCUT2D eigenvalue weighted by atomic mass is 16.2. The second-order valence-corrected chi connectivity index (χ2v) is 6.87. The van der Waals surface area contributed by atoms with E-state index in [0.717, 1.165) is 12.8 Å². The molecule has 0 aliphatic carbocycles. The minimum Gasteiger partial charge on any atom is -0.368 e. The van der Waals surface area contributed by atoms with Crippen molar-refractivity contribution >= 4 is 11.8 Å². The Balaban J connectivity index is 1.93. The van der Waals surface area contributed by atoms with Gasteiger partial charge in [0.2, 0.25) is 5.91 Å². The first-order valence-corrected chi connectivity index (χ1v) is 8.73. The molecule has 26 heavy (non-hydrogen) atoms. The first-order valence-electron chi connectivity index (χ1n) is 8.73. The van der Waals surface area contributed by atoms with Gasteiger partial charge in [0.25, 0.3) is 11.5 Å². The van der Waals surface area contributed by atoms with E-state index < -0.39 is 5.91 Å². The Morgan fingerprint density at radius 2 is 1.96 bits per heavy atom. The maximum atomic E-state index is 13.1. The average Bonchev–Trinajstić information content (AvgIpc) is 3.07. The number of rotatable bonds is 4. The number of aromatic nitrogens is 1. The Kier molecular flexibility index (Phi) is 4.93. The van der Waals surface area contributed by atoms with Crippen LogP contribution in [-0.4, -0.2) is 27.8 Å². The predicted molar refractivity (Wildman–Crippen MR) is 98.8 cm³/mol. The highest BCUT2D eigenvalue weighted by molar-refractivity contribution is 5.94. The van der Waals surface area contributed by atoms with E-state index in [1.165, 1.54) is 39.6 Å². The summed E-state index contributed by atoms with van der Waals surface area (Å²) in [6.07, 6.45) is 3.27. The molecule has 0 saturated carbocycles. The van der Waals surface area contributed by atoms with Crippen molar-refractivity contribution in [3.8, 4) is 0 Å². The first kappa shape index (κ1) is 17.9. The Labute approximate surface area is 152 Å². The lowest BCUT2D eigenvalue weighted by Crippen LogP contribution is -2.33. The van der Waals surface area contributed by atoms with Gasteiger partial charge in [0, 0.05) is 18.8 Å². The summed E-state index contributed by atoms with van der Waals surface area (Å²) in [6, 6.07) is 9.14. The molecule has 2 aromatic rings. The summed E-state index contributed by atoms with van der Waals surface area (Å²) >= 11 is 0. The van der Waals surface area contributed by atoms with Gasteiger partial charge in [-0.25, -0.2) is 0 Å². The van der Waals surface area contributed by atoms with Crippen LogP contribution in [0, 0.1) is 13.8 Å². The van der Waals surface area contributed by atoms with Crippen molar-refractivity contribution in [2.24, 2.45) is 5.73 Å². The third kappa shape index (κ3) is 3.54. The van der Waals surface area contributed by atoms with Crippen molar-refractivity contribution < 1.29 is 9.59 Å². The van der Waals surface area contributed by atoms with Crippen molar-refractivity contribution in [3.63, 3.8) is 0 Å². The molecule has 6 heteroatoms. The van der Waals surface area contributed by atoms with E-state index in [0.29, 0.717) is 12.1 Å². The fourth-order valence-corrected chi connectivity index (χ4v) is 3.57. The van der Waals surface area contributed by atoms with Crippen molar-refractivity contribution in [1.82, 2.24) is 9.47 Å². The zero-order valence-electron chi connectivity index (χ0n) is 15.1. The molecule has 2 amide bonds. The van der Waals surface area contributed by atoms with Gasteiger partial charge in [-0.1, -0.05) is 23.8 Å². The van der Waals surface area contributed by atoms with Gasteiger partial charge in [-0.15, -0.1) is 0 Å². The molecule has 1 aliphatic heterocycles. The number of nitrogens with two attached hydrogens (primary N) is 1. The molecule has 1 saturated heterocycles. The van der Waals surface area contributed by atoms with E-state index >= 15 is 0 Å². The minimum absolute atomic E-state index is 0.0268. The molecule has 3 rings (SSSR count). The van der Waals surface area contributed by atoms with Crippen molar-refractivity contribution in [3.05, 3.63) is 69.1 Å². The zero-order valence-corrected chi connectivity index (χ0v) is 15.1. The third-order valence-corrected chi connectivity index (χ3v) is 4.86. The second-order valence-electron chi connectivity index (χ2n) is 6.87. The summed E-state index contributed by atoms with van der Waals surface area (Å²) in [4.78, 5) is 37.9. The third-order valence-electron chi connectivity index (χ3n) is 4.86. The van der Waals surface area contributed by atoms with Gasteiger partial charge in [-0.05, 0) is 43.9 Å². The molecule has 2 heterocycles. The van der Waals surface area contributed by atoms with Crippen molar-refractivity contribution in [1.29, 1.82) is 0 Å². The van der Waals surface area contributed by atoms with Crippen LogP contribution < -0.4 is 11.3 Å². The summed E-state index contributed by atoms with van der Waals surface area (Å²) in [5.74, 6) is -0.752. The van der Waals surface area contributed by atoms with Crippen molar-refractivity contribution in [2.45, 2.75) is 39.3 Å².